The second-order valence-corrected chi connectivity index (χ2v) is 7.04. The lowest BCUT2D eigenvalue weighted by Crippen LogP contribution is -2.38. The van der Waals surface area contributed by atoms with E-state index in [0.717, 1.165) is 35.2 Å². The molecule has 130 valence electrons. The summed E-state index contributed by atoms with van der Waals surface area (Å²) >= 11 is 0. The number of carbonyl (C=O) groups is 2. The first-order chi connectivity index (χ1) is 11.8. The number of halogens is 2. The minimum atomic E-state index is -3.92. The van der Waals surface area contributed by atoms with Crippen LogP contribution in [0.1, 0.15) is 20.7 Å². The van der Waals surface area contributed by atoms with Crippen molar-refractivity contribution < 1.29 is 26.8 Å². The van der Waals surface area contributed by atoms with E-state index in [9.17, 15) is 26.8 Å². The third kappa shape index (κ3) is 3.15. The Morgan fingerprint density at radius 3 is 2.28 bits per heavy atom. The molecule has 0 aliphatic carbocycles. The number of benzene rings is 2. The van der Waals surface area contributed by atoms with Gasteiger partial charge in [-0.25, -0.2) is 21.9 Å². The number of nitrogens with one attached hydrogen (secondary N) is 1. The number of hydrogen-bond acceptors (Lipinski definition) is 4. The summed E-state index contributed by atoms with van der Waals surface area (Å²) in [5, 5.41) is 0. The number of fused-ring (bicyclic) bond motifs is 1. The van der Waals surface area contributed by atoms with Gasteiger partial charge in [-0.3, -0.25) is 14.5 Å². The van der Waals surface area contributed by atoms with E-state index in [1.807, 2.05) is 0 Å². The van der Waals surface area contributed by atoms with Gasteiger partial charge in [-0.05, 0) is 36.4 Å². The molecule has 2 aromatic carbocycles. The third-order valence-electron chi connectivity index (χ3n) is 3.70. The molecule has 0 atom stereocenters. The lowest BCUT2D eigenvalue weighted by atomic mass is 10.1. The van der Waals surface area contributed by atoms with Gasteiger partial charge in [-0.15, -0.1) is 0 Å². The van der Waals surface area contributed by atoms with Crippen LogP contribution in [0.25, 0.3) is 0 Å². The molecule has 1 aliphatic heterocycles. The molecule has 2 amide bonds. The number of amides is 2. The van der Waals surface area contributed by atoms with Gasteiger partial charge in [0.1, 0.15) is 11.6 Å². The second kappa shape index (κ2) is 6.34. The van der Waals surface area contributed by atoms with Crippen molar-refractivity contribution in [3.05, 3.63) is 65.2 Å². The standard InChI is InChI=1S/C16H12F2N2O4S/c17-10-4-6-11(7-5-10)25(23,24)19-8-9-20-15(21)12-2-1-3-13(18)14(12)16(20)22/h1-7,19H,8-9H2. The van der Waals surface area contributed by atoms with Gasteiger partial charge in [0.25, 0.3) is 11.8 Å². The van der Waals surface area contributed by atoms with Crippen LogP contribution in [0.3, 0.4) is 0 Å². The van der Waals surface area contributed by atoms with E-state index in [1.54, 1.807) is 0 Å². The summed E-state index contributed by atoms with van der Waals surface area (Å²) in [6.45, 7) is -0.515. The fourth-order valence-electron chi connectivity index (χ4n) is 2.48. The minimum absolute atomic E-state index is 0.0496. The molecule has 0 fully saturated rings. The van der Waals surface area contributed by atoms with Gasteiger partial charge in [-0.2, -0.15) is 0 Å². The monoisotopic (exact) mass is 366 g/mol. The van der Waals surface area contributed by atoms with Crippen molar-refractivity contribution in [1.82, 2.24) is 9.62 Å². The second-order valence-electron chi connectivity index (χ2n) is 5.28. The van der Waals surface area contributed by atoms with Crippen molar-refractivity contribution in [3.8, 4) is 0 Å². The van der Waals surface area contributed by atoms with E-state index in [2.05, 4.69) is 4.72 Å². The number of hydrogen-bond donors (Lipinski definition) is 1. The average molecular weight is 366 g/mol. The first kappa shape index (κ1) is 17.2. The predicted octanol–water partition coefficient (Wildman–Crippen LogP) is 1.54. The first-order valence-corrected chi connectivity index (χ1v) is 8.69. The molecule has 2 aromatic rings. The van der Waals surface area contributed by atoms with Crippen LogP contribution in [0.15, 0.2) is 47.4 Å². The average Bonchev–Trinajstić information content (AvgIpc) is 2.81. The molecule has 1 heterocycles. The SMILES string of the molecule is O=C1c2cccc(F)c2C(=O)N1CCNS(=O)(=O)c1ccc(F)cc1. The fourth-order valence-corrected chi connectivity index (χ4v) is 3.51. The van der Waals surface area contributed by atoms with Crippen molar-refractivity contribution in [1.29, 1.82) is 0 Å². The molecule has 1 N–H and O–H groups in total. The normalized spacial score (nSPS) is 14.1. The molecule has 1 aliphatic rings. The van der Waals surface area contributed by atoms with Crippen LogP contribution in [-0.2, 0) is 10.0 Å². The van der Waals surface area contributed by atoms with Crippen LogP contribution >= 0.6 is 0 Å². The number of imide groups is 1. The molecule has 0 bridgehead atoms. The maximum Gasteiger partial charge on any atom is 0.264 e. The van der Waals surface area contributed by atoms with Crippen LogP contribution in [0, 0.1) is 11.6 Å². The molecule has 0 spiro atoms. The number of nitrogens with zero attached hydrogens (tertiary/aromatic N) is 1. The number of sulfonamides is 1. The van der Waals surface area contributed by atoms with Crippen molar-refractivity contribution in [2.75, 3.05) is 13.1 Å². The van der Waals surface area contributed by atoms with E-state index in [4.69, 9.17) is 0 Å². The highest BCUT2D eigenvalue weighted by molar-refractivity contribution is 7.89. The smallest absolute Gasteiger partial charge is 0.264 e. The van der Waals surface area contributed by atoms with Crippen LogP contribution < -0.4 is 4.72 Å². The van der Waals surface area contributed by atoms with Crippen molar-refractivity contribution in [2.45, 2.75) is 4.90 Å². The summed E-state index contributed by atoms with van der Waals surface area (Å²) < 4.78 is 52.9. The van der Waals surface area contributed by atoms with Gasteiger partial charge in [0.2, 0.25) is 10.0 Å². The molecule has 0 saturated carbocycles. The van der Waals surface area contributed by atoms with Gasteiger partial charge in [0, 0.05) is 13.1 Å². The fraction of sp³-hybridized carbons (Fsp3) is 0.125. The van der Waals surface area contributed by atoms with Gasteiger partial charge in [-0.1, -0.05) is 6.07 Å². The van der Waals surface area contributed by atoms with Crippen molar-refractivity contribution in [3.63, 3.8) is 0 Å². The summed E-state index contributed by atoms with van der Waals surface area (Å²) in [4.78, 5) is 24.9. The summed E-state index contributed by atoms with van der Waals surface area (Å²) in [5.41, 5.74) is -0.361. The zero-order chi connectivity index (χ0) is 18.2. The Hall–Kier alpha value is -2.65. The number of carbonyl (C=O) groups excluding carboxylic acids is 2. The highest BCUT2D eigenvalue weighted by Gasteiger charge is 2.37. The maximum atomic E-state index is 13.7. The topological polar surface area (TPSA) is 83.6 Å². The maximum absolute atomic E-state index is 13.7. The summed E-state index contributed by atoms with van der Waals surface area (Å²) in [5.74, 6) is -2.86. The molecule has 3 rings (SSSR count). The highest BCUT2D eigenvalue weighted by atomic mass is 32.2. The minimum Gasteiger partial charge on any atom is -0.273 e. The highest BCUT2D eigenvalue weighted by Crippen LogP contribution is 2.24. The zero-order valence-electron chi connectivity index (χ0n) is 12.7. The Morgan fingerprint density at radius 1 is 0.960 bits per heavy atom. The lowest BCUT2D eigenvalue weighted by Gasteiger charge is -2.14. The van der Waals surface area contributed by atoms with Gasteiger partial charge in [0.15, 0.2) is 0 Å². The molecular weight excluding hydrogens is 354 g/mol. The molecule has 9 heteroatoms. The lowest BCUT2D eigenvalue weighted by molar-refractivity contribution is 0.0656. The molecule has 0 aromatic heterocycles. The van der Waals surface area contributed by atoms with Crippen LogP contribution in [0.4, 0.5) is 8.78 Å². The van der Waals surface area contributed by atoms with E-state index in [-0.39, 0.29) is 29.1 Å². The van der Waals surface area contributed by atoms with Crippen LogP contribution in [0.2, 0.25) is 0 Å². The molecular formula is C16H12F2N2O4S. The predicted molar refractivity (Wildman–Crippen MR) is 83.4 cm³/mol. The van der Waals surface area contributed by atoms with Gasteiger partial charge >= 0.3 is 0 Å². The van der Waals surface area contributed by atoms with E-state index in [0.29, 0.717) is 0 Å². The van der Waals surface area contributed by atoms with Crippen LogP contribution in [0.5, 0.6) is 0 Å². The summed E-state index contributed by atoms with van der Waals surface area (Å²) in [7, 11) is -3.92. The zero-order valence-corrected chi connectivity index (χ0v) is 13.5. The van der Waals surface area contributed by atoms with Gasteiger partial charge < -0.3 is 0 Å². The molecule has 0 saturated heterocycles. The van der Waals surface area contributed by atoms with Crippen molar-refractivity contribution >= 4 is 21.8 Å². The molecule has 0 radical (unpaired) electrons. The first-order valence-electron chi connectivity index (χ1n) is 7.21. The largest absolute Gasteiger partial charge is 0.273 e. The summed E-state index contributed by atoms with van der Waals surface area (Å²) in [6, 6.07) is 7.92. The summed E-state index contributed by atoms with van der Waals surface area (Å²) in [6.07, 6.45) is 0. The third-order valence-corrected chi connectivity index (χ3v) is 5.18. The molecule has 25 heavy (non-hydrogen) atoms. The van der Waals surface area contributed by atoms with E-state index in [1.165, 1.54) is 12.1 Å². The quantitative estimate of drug-likeness (QED) is 0.814. The van der Waals surface area contributed by atoms with E-state index < -0.39 is 33.5 Å². The Bertz CT molecular complexity index is 959. The Kier molecular flexibility index (Phi) is 4.36. The van der Waals surface area contributed by atoms with Gasteiger partial charge in [0.05, 0.1) is 16.0 Å². The van der Waals surface area contributed by atoms with Crippen LogP contribution in [-0.4, -0.2) is 38.2 Å². The number of rotatable bonds is 5. The Labute approximate surface area is 142 Å². The Balaban J connectivity index is 1.69. The van der Waals surface area contributed by atoms with E-state index >= 15 is 0 Å². The Morgan fingerprint density at radius 2 is 1.64 bits per heavy atom. The molecule has 0 unspecified atom stereocenters. The molecule has 6 nitrogen and oxygen atoms in total. The van der Waals surface area contributed by atoms with Crippen molar-refractivity contribution in [2.24, 2.45) is 0 Å².